The van der Waals surface area contributed by atoms with E-state index >= 15 is 0 Å². The summed E-state index contributed by atoms with van der Waals surface area (Å²) >= 11 is 0.663. The van der Waals surface area contributed by atoms with Gasteiger partial charge in [-0.25, -0.2) is 23.0 Å². The van der Waals surface area contributed by atoms with Gasteiger partial charge in [0.15, 0.2) is 0 Å². The van der Waals surface area contributed by atoms with E-state index in [2.05, 4.69) is 19.9 Å². The predicted octanol–water partition coefficient (Wildman–Crippen LogP) is 0.682. The van der Waals surface area contributed by atoms with Gasteiger partial charge < -0.3 is 9.84 Å². The van der Waals surface area contributed by atoms with Crippen LogP contribution in [0.4, 0.5) is 5.95 Å². The molecule has 9 nitrogen and oxygen atoms in total. The lowest BCUT2D eigenvalue weighted by Gasteiger charge is -2.00. The van der Waals surface area contributed by atoms with Gasteiger partial charge >= 0.3 is 12.0 Å². The number of rotatable bonds is 5. The van der Waals surface area contributed by atoms with Crippen molar-refractivity contribution >= 4 is 33.3 Å². The Morgan fingerprint density at radius 2 is 2.25 bits per heavy atom. The quantitative estimate of drug-likeness (QED) is 0.738. The number of hydrogen-bond donors (Lipinski definition) is 3. The normalized spacial score (nSPS) is 11.3. The van der Waals surface area contributed by atoms with Gasteiger partial charge in [0, 0.05) is 0 Å². The van der Waals surface area contributed by atoms with E-state index in [4.69, 9.17) is 9.84 Å². The molecule has 0 aromatic carbocycles. The largest absolute Gasteiger partial charge is 0.477 e. The Labute approximate surface area is 117 Å². The molecule has 0 fully saturated rings. The van der Waals surface area contributed by atoms with Crippen molar-refractivity contribution in [3.05, 3.63) is 16.5 Å². The zero-order valence-electron chi connectivity index (χ0n) is 10.4. The average molecular weight is 318 g/mol. The molecule has 0 radical (unpaired) electrons. The molecule has 0 bridgehead atoms. The van der Waals surface area contributed by atoms with Crippen molar-refractivity contribution in [3.8, 4) is 6.01 Å². The number of aromatic carboxylic acids is 1. The maximum atomic E-state index is 12.1. The van der Waals surface area contributed by atoms with Gasteiger partial charge in [-0.15, -0.1) is 16.4 Å². The number of sulfonamides is 1. The van der Waals surface area contributed by atoms with E-state index in [-0.39, 0.29) is 21.0 Å². The molecule has 2 rings (SSSR count). The second-order valence-electron chi connectivity index (χ2n) is 3.66. The second-order valence-corrected chi connectivity index (χ2v) is 6.62. The summed E-state index contributed by atoms with van der Waals surface area (Å²) in [6.07, 6.45) is 0. The molecule has 3 N–H and O–H groups in total. The van der Waals surface area contributed by atoms with Crippen LogP contribution in [0.5, 0.6) is 6.01 Å². The number of aromatic nitrogens is 3. The fourth-order valence-electron chi connectivity index (χ4n) is 1.36. The van der Waals surface area contributed by atoms with Crippen molar-refractivity contribution in [3.63, 3.8) is 0 Å². The first kappa shape index (κ1) is 14.3. The zero-order chi connectivity index (χ0) is 14.9. The molecule has 2 aromatic heterocycles. The van der Waals surface area contributed by atoms with Crippen molar-refractivity contribution in [1.29, 1.82) is 0 Å². The highest BCUT2D eigenvalue weighted by Crippen LogP contribution is 2.27. The van der Waals surface area contributed by atoms with Crippen LogP contribution in [0, 0.1) is 6.92 Å². The molecule has 20 heavy (non-hydrogen) atoms. The molecular weight excluding hydrogens is 308 g/mol. The molecule has 0 unspecified atom stereocenters. The minimum Gasteiger partial charge on any atom is -0.477 e. The fraction of sp³-hybridized carbons (Fsp3) is 0.222. The number of carboxylic acids is 1. The number of aromatic amines is 1. The van der Waals surface area contributed by atoms with Crippen LogP contribution in [0.25, 0.3) is 0 Å². The Morgan fingerprint density at radius 1 is 1.55 bits per heavy atom. The van der Waals surface area contributed by atoms with Gasteiger partial charge in [0.25, 0.3) is 10.0 Å². The number of nitrogens with zero attached hydrogens (tertiary/aromatic N) is 2. The summed E-state index contributed by atoms with van der Waals surface area (Å²) in [5.41, 5.74) is 0.373. The predicted molar refractivity (Wildman–Crippen MR) is 69.8 cm³/mol. The zero-order valence-corrected chi connectivity index (χ0v) is 12.0. The molecule has 0 atom stereocenters. The molecule has 0 amide bonds. The van der Waals surface area contributed by atoms with Crippen molar-refractivity contribution in [2.24, 2.45) is 0 Å². The van der Waals surface area contributed by atoms with Gasteiger partial charge in [-0.2, -0.15) is 4.98 Å². The molecule has 108 valence electrons. The van der Waals surface area contributed by atoms with Gasteiger partial charge in [-0.3, -0.25) is 0 Å². The van der Waals surface area contributed by atoms with Crippen molar-refractivity contribution < 1.29 is 23.1 Å². The number of H-pyrrole nitrogens is 1. The SMILES string of the molecule is COc1n[nH]c(NS(=O)(=O)c2cc(C)c(C(=O)O)s2)n1. The average Bonchev–Trinajstić information content (AvgIpc) is 2.95. The Morgan fingerprint density at radius 3 is 2.75 bits per heavy atom. The fourth-order valence-corrected chi connectivity index (χ4v) is 3.69. The number of methoxy groups -OCH3 is 1. The monoisotopic (exact) mass is 318 g/mol. The third-order valence-corrected chi connectivity index (χ3v) is 5.27. The highest BCUT2D eigenvalue weighted by molar-refractivity contribution is 7.94. The van der Waals surface area contributed by atoms with E-state index in [1.807, 2.05) is 0 Å². The van der Waals surface area contributed by atoms with Crippen LogP contribution in [-0.4, -0.2) is 41.8 Å². The maximum Gasteiger partial charge on any atom is 0.346 e. The summed E-state index contributed by atoms with van der Waals surface area (Å²) in [6.45, 7) is 1.52. The number of carbonyl (C=O) groups is 1. The number of aryl methyl sites for hydroxylation is 1. The van der Waals surface area contributed by atoms with Crippen LogP contribution in [-0.2, 0) is 10.0 Å². The summed E-state index contributed by atoms with van der Waals surface area (Å²) in [6, 6.07) is 1.26. The van der Waals surface area contributed by atoms with Crippen molar-refractivity contribution in [2.45, 2.75) is 11.1 Å². The van der Waals surface area contributed by atoms with E-state index in [0.717, 1.165) is 0 Å². The molecule has 0 aliphatic rings. The minimum atomic E-state index is -3.93. The highest BCUT2D eigenvalue weighted by atomic mass is 32.2. The summed E-state index contributed by atoms with van der Waals surface area (Å²) in [7, 11) is -2.59. The van der Waals surface area contributed by atoms with Gasteiger partial charge in [0.05, 0.1) is 7.11 Å². The molecule has 0 spiro atoms. The lowest BCUT2D eigenvalue weighted by atomic mass is 10.3. The summed E-state index contributed by atoms with van der Waals surface area (Å²) in [4.78, 5) is 14.6. The van der Waals surface area contributed by atoms with Gasteiger partial charge in [0.2, 0.25) is 5.95 Å². The first-order valence-electron chi connectivity index (χ1n) is 5.16. The van der Waals surface area contributed by atoms with Crippen LogP contribution >= 0.6 is 11.3 Å². The lowest BCUT2D eigenvalue weighted by Crippen LogP contribution is -2.12. The standard InChI is InChI=1S/C9H10N4O5S2/c1-4-3-5(19-6(4)7(14)15)20(16,17)13-8-10-9(18-2)12-11-8/h3H,1-2H3,(H,14,15)(H2,10,11,12,13). The minimum absolute atomic E-state index is 0.0173. The molecule has 0 aliphatic carbocycles. The summed E-state index contributed by atoms with van der Waals surface area (Å²) < 4.78 is 30.9. The highest BCUT2D eigenvalue weighted by Gasteiger charge is 2.23. The van der Waals surface area contributed by atoms with Crippen molar-refractivity contribution in [2.75, 3.05) is 11.8 Å². The van der Waals surface area contributed by atoms with Gasteiger partial charge in [-0.05, 0) is 18.6 Å². The summed E-state index contributed by atoms with van der Waals surface area (Å²) in [5, 5.41) is 14.8. The first-order valence-corrected chi connectivity index (χ1v) is 7.46. The molecular formula is C9H10N4O5S2. The summed E-state index contributed by atoms with van der Waals surface area (Å²) in [5.74, 6) is -1.29. The molecule has 0 aliphatic heterocycles. The van der Waals surface area contributed by atoms with E-state index < -0.39 is 16.0 Å². The molecule has 2 heterocycles. The Bertz CT molecular complexity index is 748. The Kier molecular flexibility index (Phi) is 3.63. The number of anilines is 1. The van der Waals surface area contributed by atoms with Crippen LogP contribution in [0.2, 0.25) is 0 Å². The smallest absolute Gasteiger partial charge is 0.346 e. The third kappa shape index (κ3) is 2.72. The number of thiophene rings is 1. The van der Waals surface area contributed by atoms with Gasteiger partial charge in [-0.1, -0.05) is 0 Å². The second kappa shape index (κ2) is 5.09. The maximum absolute atomic E-state index is 12.1. The van der Waals surface area contributed by atoms with Crippen LogP contribution in [0.3, 0.4) is 0 Å². The molecule has 2 aromatic rings. The van der Waals surface area contributed by atoms with E-state index in [1.165, 1.54) is 20.1 Å². The van der Waals surface area contributed by atoms with Crippen LogP contribution in [0.1, 0.15) is 15.2 Å². The molecule has 0 saturated heterocycles. The molecule has 0 saturated carbocycles. The van der Waals surface area contributed by atoms with Crippen LogP contribution < -0.4 is 9.46 Å². The van der Waals surface area contributed by atoms with Crippen molar-refractivity contribution in [1.82, 2.24) is 15.2 Å². The van der Waals surface area contributed by atoms with Gasteiger partial charge in [0.1, 0.15) is 9.09 Å². The first-order chi connectivity index (χ1) is 9.33. The lowest BCUT2D eigenvalue weighted by molar-refractivity contribution is 0.0701. The number of ether oxygens (including phenoxy) is 1. The van der Waals surface area contributed by atoms with E-state index in [1.54, 1.807) is 0 Å². The van der Waals surface area contributed by atoms with E-state index in [9.17, 15) is 13.2 Å². The Hall–Kier alpha value is -2.14. The molecule has 11 heteroatoms. The number of hydrogen-bond acceptors (Lipinski definition) is 7. The third-order valence-electron chi connectivity index (χ3n) is 2.23. The number of carboxylic acid groups (broad SMARTS) is 1. The Balaban J connectivity index is 2.30. The van der Waals surface area contributed by atoms with Crippen LogP contribution in [0.15, 0.2) is 10.3 Å². The number of nitrogens with one attached hydrogen (secondary N) is 2. The van der Waals surface area contributed by atoms with E-state index in [0.29, 0.717) is 16.9 Å². The topological polar surface area (TPSA) is 134 Å².